The van der Waals surface area contributed by atoms with Crippen molar-refractivity contribution in [2.75, 3.05) is 6.61 Å². The smallest absolute Gasteiger partial charge is 0.343 e. The molecule has 0 atom stereocenters. The predicted molar refractivity (Wildman–Crippen MR) is 120 cm³/mol. The molecule has 0 saturated carbocycles. The number of carbonyl (C=O) groups excluding carboxylic acids is 2. The number of halogens is 1. The van der Waals surface area contributed by atoms with Crippen molar-refractivity contribution in [3.8, 4) is 5.75 Å². The van der Waals surface area contributed by atoms with Crippen LogP contribution in [0.1, 0.15) is 85.4 Å². The molecule has 2 rings (SSSR count). The van der Waals surface area contributed by atoms with Crippen molar-refractivity contribution in [3.63, 3.8) is 0 Å². The fraction of sp³-hybridized carbons (Fsp3) is 0.440. The van der Waals surface area contributed by atoms with E-state index in [1.54, 1.807) is 42.5 Å². The first-order chi connectivity index (χ1) is 14.6. The van der Waals surface area contributed by atoms with Crippen molar-refractivity contribution in [3.05, 3.63) is 64.7 Å². The van der Waals surface area contributed by atoms with E-state index in [4.69, 9.17) is 21.1 Å². The molecule has 5 heteroatoms. The van der Waals surface area contributed by atoms with Crippen LogP contribution < -0.4 is 4.74 Å². The molecule has 0 aliphatic rings. The number of hydrogen-bond donors (Lipinski definition) is 0. The zero-order chi connectivity index (χ0) is 21.6. The van der Waals surface area contributed by atoms with Crippen molar-refractivity contribution in [1.29, 1.82) is 0 Å². The Kier molecular flexibility index (Phi) is 11.0. The Labute approximate surface area is 184 Å². The Morgan fingerprint density at radius 3 is 2.03 bits per heavy atom. The van der Waals surface area contributed by atoms with E-state index in [1.165, 1.54) is 51.0 Å². The van der Waals surface area contributed by atoms with E-state index in [0.29, 0.717) is 22.9 Å². The minimum atomic E-state index is -0.550. The van der Waals surface area contributed by atoms with Crippen LogP contribution in [0.4, 0.5) is 0 Å². The average molecular weight is 431 g/mol. The molecule has 0 heterocycles. The Morgan fingerprint density at radius 2 is 1.37 bits per heavy atom. The zero-order valence-electron chi connectivity index (χ0n) is 17.7. The molecule has 0 unspecified atom stereocenters. The summed E-state index contributed by atoms with van der Waals surface area (Å²) in [4.78, 5) is 24.6. The molecule has 0 aliphatic carbocycles. The number of hydrogen-bond acceptors (Lipinski definition) is 4. The fourth-order valence-electron chi connectivity index (χ4n) is 3.13. The summed E-state index contributed by atoms with van der Waals surface area (Å²) in [6.45, 7) is 2.62. The Morgan fingerprint density at radius 1 is 0.767 bits per heavy atom. The van der Waals surface area contributed by atoms with E-state index >= 15 is 0 Å². The number of rotatable bonds is 13. The predicted octanol–water partition coefficient (Wildman–Crippen LogP) is 7.25. The summed E-state index contributed by atoms with van der Waals surface area (Å²) in [5.41, 5.74) is 0.624. The molecular formula is C25H31ClO4. The minimum absolute atomic E-state index is 0.285. The molecule has 0 bridgehead atoms. The first-order valence-electron chi connectivity index (χ1n) is 10.8. The van der Waals surface area contributed by atoms with Gasteiger partial charge in [-0.25, -0.2) is 9.59 Å². The SMILES string of the molecule is CCCCCCCCCCCOC(=O)c1cccc(C(=O)Oc2cccc(Cl)c2)c1. The first-order valence-corrected chi connectivity index (χ1v) is 11.2. The third kappa shape index (κ3) is 9.00. The number of unbranched alkanes of at least 4 members (excludes halogenated alkanes) is 8. The van der Waals surface area contributed by atoms with Crippen molar-refractivity contribution in [2.24, 2.45) is 0 Å². The Balaban J connectivity index is 1.70. The molecule has 0 aromatic heterocycles. The number of ether oxygens (including phenoxy) is 2. The normalized spacial score (nSPS) is 10.6. The van der Waals surface area contributed by atoms with Gasteiger partial charge in [0.05, 0.1) is 17.7 Å². The van der Waals surface area contributed by atoms with Gasteiger partial charge in [-0.15, -0.1) is 0 Å². The molecule has 0 radical (unpaired) electrons. The van der Waals surface area contributed by atoms with E-state index in [9.17, 15) is 9.59 Å². The summed E-state index contributed by atoms with van der Waals surface area (Å²) < 4.78 is 10.7. The van der Waals surface area contributed by atoms with Gasteiger partial charge in [-0.1, -0.05) is 82.0 Å². The summed E-state index contributed by atoms with van der Waals surface area (Å²) in [5, 5.41) is 0.481. The van der Waals surface area contributed by atoms with Crippen LogP contribution in [-0.4, -0.2) is 18.5 Å². The van der Waals surface area contributed by atoms with E-state index in [1.807, 2.05) is 0 Å². The lowest BCUT2D eigenvalue weighted by Gasteiger charge is -2.07. The van der Waals surface area contributed by atoms with Crippen molar-refractivity contribution in [2.45, 2.75) is 64.7 Å². The van der Waals surface area contributed by atoms with Gasteiger partial charge in [0, 0.05) is 5.02 Å². The van der Waals surface area contributed by atoms with E-state index in [0.717, 1.165) is 12.8 Å². The van der Waals surface area contributed by atoms with Crippen molar-refractivity contribution in [1.82, 2.24) is 0 Å². The molecule has 0 N–H and O–H groups in total. The Bertz CT molecular complexity index is 803. The van der Waals surface area contributed by atoms with Crippen LogP contribution in [0.25, 0.3) is 0 Å². The average Bonchev–Trinajstić information content (AvgIpc) is 2.75. The van der Waals surface area contributed by atoms with Crippen LogP contribution >= 0.6 is 11.6 Å². The fourth-order valence-corrected chi connectivity index (χ4v) is 3.31. The maximum absolute atomic E-state index is 12.3. The van der Waals surface area contributed by atoms with Crippen LogP contribution in [0, 0.1) is 0 Å². The lowest BCUT2D eigenvalue weighted by atomic mass is 10.1. The van der Waals surface area contributed by atoms with Gasteiger partial charge in [0.25, 0.3) is 0 Å². The van der Waals surface area contributed by atoms with E-state index < -0.39 is 11.9 Å². The molecule has 2 aromatic rings. The highest BCUT2D eigenvalue weighted by Crippen LogP contribution is 2.19. The standard InChI is InChI=1S/C25H31ClO4/c1-2-3-4-5-6-7-8-9-10-17-29-24(27)20-13-11-14-21(18-20)25(28)30-23-16-12-15-22(26)19-23/h11-16,18-19H,2-10,17H2,1H3. The number of carbonyl (C=O) groups is 2. The van der Waals surface area contributed by atoms with E-state index in [-0.39, 0.29) is 5.56 Å². The molecule has 4 nitrogen and oxygen atoms in total. The van der Waals surface area contributed by atoms with Crippen molar-refractivity contribution >= 4 is 23.5 Å². The minimum Gasteiger partial charge on any atom is -0.462 e. The van der Waals surface area contributed by atoms with Crippen LogP contribution in [0.15, 0.2) is 48.5 Å². The molecule has 0 amide bonds. The Hall–Kier alpha value is -2.33. The van der Waals surface area contributed by atoms with Crippen LogP contribution in [0.5, 0.6) is 5.75 Å². The zero-order valence-corrected chi connectivity index (χ0v) is 18.5. The molecule has 0 spiro atoms. The number of esters is 2. The summed E-state index contributed by atoms with van der Waals surface area (Å²) in [6.07, 6.45) is 10.9. The molecule has 0 saturated heterocycles. The second kappa shape index (κ2) is 13.8. The van der Waals surface area contributed by atoms with Crippen LogP contribution in [0.2, 0.25) is 5.02 Å². The molecule has 2 aromatic carbocycles. The van der Waals surface area contributed by atoms with Gasteiger partial charge in [-0.3, -0.25) is 0 Å². The largest absolute Gasteiger partial charge is 0.462 e. The van der Waals surface area contributed by atoms with Gasteiger partial charge < -0.3 is 9.47 Å². The molecule has 0 aliphatic heterocycles. The highest BCUT2D eigenvalue weighted by Gasteiger charge is 2.13. The third-order valence-corrected chi connectivity index (χ3v) is 5.06. The van der Waals surface area contributed by atoms with Gasteiger partial charge in [0.2, 0.25) is 0 Å². The van der Waals surface area contributed by atoms with Crippen LogP contribution in [0.3, 0.4) is 0 Å². The van der Waals surface area contributed by atoms with Gasteiger partial charge in [0.1, 0.15) is 5.75 Å². The second-order valence-electron chi connectivity index (χ2n) is 7.39. The summed E-state index contributed by atoms with van der Waals surface area (Å²) in [7, 11) is 0. The molecule has 30 heavy (non-hydrogen) atoms. The summed E-state index contributed by atoms with van der Waals surface area (Å²) in [6, 6.07) is 13.0. The van der Waals surface area contributed by atoms with E-state index in [2.05, 4.69) is 6.92 Å². The second-order valence-corrected chi connectivity index (χ2v) is 7.83. The first kappa shape index (κ1) is 23.9. The maximum Gasteiger partial charge on any atom is 0.343 e. The maximum atomic E-state index is 12.3. The highest BCUT2D eigenvalue weighted by atomic mass is 35.5. The van der Waals surface area contributed by atoms with Gasteiger partial charge in [-0.2, -0.15) is 0 Å². The lowest BCUT2D eigenvalue weighted by molar-refractivity contribution is 0.0497. The van der Waals surface area contributed by atoms with Crippen LogP contribution in [-0.2, 0) is 4.74 Å². The van der Waals surface area contributed by atoms with Crippen molar-refractivity contribution < 1.29 is 19.1 Å². The monoisotopic (exact) mass is 430 g/mol. The molecule has 162 valence electrons. The lowest BCUT2D eigenvalue weighted by Crippen LogP contribution is -2.11. The topological polar surface area (TPSA) is 52.6 Å². The highest BCUT2D eigenvalue weighted by molar-refractivity contribution is 6.30. The molecule has 0 fully saturated rings. The summed E-state index contributed by atoms with van der Waals surface area (Å²) in [5.74, 6) is -0.622. The van der Waals surface area contributed by atoms with Gasteiger partial charge in [-0.05, 0) is 42.8 Å². The molecular weight excluding hydrogens is 400 g/mol. The van der Waals surface area contributed by atoms with Gasteiger partial charge >= 0.3 is 11.9 Å². The van der Waals surface area contributed by atoms with Gasteiger partial charge in [0.15, 0.2) is 0 Å². The quantitative estimate of drug-likeness (QED) is 0.191. The third-order valence-electron chi connectivity index (χ3n) is 4.82. The number of benzene rings is 2. The summed E-state index contributed by atoms with van der Waals surface area (Å²) >= 11 is 5.90.